The number of ether oxygens (including phenoxy) is 1. The van der Waals surface area contributed by atoms with Crippen LogP contribution >= 0.6 is 0 Å². The second kappa shape index (κ2) is 8.03. The van der Waals surface area contributed by atoms with Crippen molar-refractivity contribution in [3.63, 3.8) is 0 Å². The van der Waals surface area contributed by atoms with Crippen LogP contribution in [0.5, 0.6) is 11.5 Å². The largest absolute Gasteiger partial charge is 0.500 e. The molecule has 1 heterocycles. The SMILES string of the molecule is CCOc1cc(/C=C2/C(=O)NC(=O)N(c3cccc(C)c3)C2=O)cc([N+](=O)[O-])c1O. The lowest BCUT2D eigenvalue weighted by atomic mass is 10.1. The van der Waals surface area contributed by atoms with Crippen molar-refractivity contribution in [2.45, 2.75) is 13.8 Å². The molecule has 1 aliphatic heterocycles. The molecule has 0 atom stereocenters. The molecule has 0 radical (unpaired) electrons. The van der Waals surface area contributed by atoms with Crippen LogP contribution in [0.15, 0.2) is 42.0 Å². The van der Waals surface area contributed by atoms with Crippen molar-refractivity contribution >= 4 is 35.3 Å². The Kier molecular flexibility index (Phi) is 5.50. The Labute approximate surface area is 170 Å². The van der Waals surface area contributed by atoms with Gasteiger partial charge in [0.25, 0.3) is 11.8 Å². The van der Waals surface area contributed by atoms with Crippen LogP contribution in [0.25, 0.3) is 6.08 Å². The van der Waals surface area contributed by atoms with E-state index in [1.165, 1.54) is 12.1 Å². The molecule has 0 aliphatic carbocycles. The molecule has 2 N–H and O–H groups in total. The van der Waals surface area contributed by atoms with Crippen LogP contribution in [0.2, 0.25) is 0 Å². The molecular formula is C20H17N3O7. The van der Waals surface area contributed by atoms with Gasteiger partial charge in [-0.05, 0) is 49.2 Å². The van der Waals surface area contributed by atoms with Crippen molar-refractivity contribution in [1.82, 2.24) is 5.32 Å². The maximum atomic E-state index is 12.9. The number of aromatic hydroxyl groups is 1. The first-order chi connectivity index (χ1) is 14.2. The predicted octanol–water partition coefficient (Wildman–Crippen LogP) is 2.67. The molecule has 0 unspecified atom stereocenters. The van der Waals surface area contributed by atoms with E-state index in [2.05, 4.69) is 5.32 Å². The fraction of sp³-hybridized carbons (Fsp3) is 0.150. The third-order valence-electron chi connectivity index (χ3n) is 4.25. The first kappa shape index (κ1) is 20.5. The third kappa shape index (κ3) is 3.83. The molecule has 1 aliphatic rings. The number of nitrogens with one attached hydrogen (secondary N) is 1. The predicted molar refractivity (Wildman–Crippen MR) is 106 cm³/mol. The summed E-state index contributed by atoms with van der Waals surface area (Å²) in [6.07, 6.45) is 1.10. The summed E-state index contributed by atoms with van der Waals surface area (Å²) in [5, 5.41) is 23.3. The maximum absolute atomic E-state index is 12.9. The van der Waals surface area contributed by atoms with Gasteiger partial charge in [-0.1, -0.05) is 12.1 Å². The Balaban J connectivity index is 2.09. The average Bonchev–Trinajstić information content (AvgIpc) is 2.67. The van der Waals surface area contributed by atoms with Crippen LogP contribution in [0, 0.1) is 17.0 Å². The number of nitro benzene ring substituents is 1. The van der Waals surface area contributed by atoms with Crippen molar-refractivity contribution < 1.29 is 29.2 Å². The number of rotatable bonds is 5. The van der Waals surface area contributed by atoms with Crippen LogP contribution in [-0.4, -0.2) is 34.5 Å². The molecular weight excluding hydrogens is 394 g/mol. The van der Waals surface area contributed by atoms with Crippen LogP contribution in [-0.2, 0) is 9.59 Å². The van der Waals surface area contributed by atoms with E-state index in [9.17, 15) is 29.6 Å². The Morgan fingerprint density at radius 3 is 2.60 bits per heavy atom. The highest BCUT2D eigenvalue weighted by Gasteiger charge is 2.37. The van der Waals surface area contributed by atoms with Crippen molar-refractivity contribution in [2.75, 3.05) is 11.5 Å². The number of nitro groups is 1. The summed E-state index contributed by atoms with van der Waals surface area (Å²) in [5.41, 5.74) is 0.0789. The van der Waals surface area contributed by atoms with Crippen molar-refractivity contribution in [1.29, 1.82) is 0 Å². The fourth-order valence-corrected chi connectivity index (χ4v) is 2.93. The Morgan fingerprint density at radius 1 is 1.23 bits per heavy atom. The number of amides is 4. The highest BCUT2D eigenvalue weighted by molar-refractivity contribution is 6.39. The minimum absolute atomic E-state index is 0.0694. The van der Waals surface area contributed by atoms with Gasteiger partial charge in [-0.25, -0.2) is 9.69 Å². The molecule has 2 aromatic carbocycles. The number of nitrogens with zero attached hydrogens (tertiary/aromatic N) is 2. The van der Waals surface area contributed by atoms with Crippen molar-refractivity contribution in [3.05, 3.63) is 63.2 Å². The van der Waals surface area contributed by atoms with Gasteiger partial charge in [-0.15, -0.1) is 0 Å². The van der Waals surface area contributed by atoms with E-state index in [-0.39, 0.29) is 23.6 Å². The van der Waals surface area contributed by atoms with Crippen molar-refractivity contribution in [3.8, 4) is 11.5 Å². The summed E-state index contributed by atoms with van der Waals surface area (Å²) < 4.78 is 5.20. The standard InChI is InChI=1S/C20H17N3O7/c1-3-30-16-10-12(9-15(17(16)24)23(28)29)8-14-18(25)21-20(27)22(19(14)26)13-6-4-5-11(2)7-13/h4-10,24H,3H2,1-2H3,(H,21,25,27)/b14-8-. The molecule has 1 saturated heterocycles. The lowest BCUT2D eigenvalue weighted by molar-refractivity contribution is -0.386. The molecule has 0 spiro atoms. The summed E-state index contributed by atoms with van der Waals surface area (Å²) >= 11 is 0. The second-order valence-corrected chi connectivity index (χ2v) is 6.37. The first-order valence-corrected chi connectivity index (χ1v) is 8.85. The van der Waals surface area contributed by atoms with Gasteiger partial charge in [-0.2, -0.15) is 0 Å². The van der Waals surface area contributed by atoms with E-state index in [1.807, 2.05) is 0 Å². The number of carbonyl (C=O) groups is 3. The number of barbiturate groups is 1. The average molecular weight is 411 g/mol. The first-order valence-electron chi connectivity index (χ1n) is 8.85. The Morgan fingerprint density at radius 2 is 1.97 bits per heavy atom. The molecule has 4 amide bonds. The molecule has 1 fully saturated rings. The van der Waals surface area contributed by atoms with Crippen LogP contribution in [0.3, 0.4) is 0 Å². The minimum atomic E-state index is -0.942. The van der Waals surface area contributed by atoms with E-state index in [1.54, 1.807) is 32.0 Å². The summed E-state index contributed by atoms with van der Waals surface area (Å²) in [7, 11) is 0. The molecule has 0 saturated carbocycles. The lowest BCUT2D eigenvalue weighted by Gasteiger charge is -2.26. The second-order valence-electron chi connectivity index (χ2n) is 6.37. The van der Waals surface area contributed by atoms with Gasteiger partial charge >= 0.3 is 11.7 Å². The number of imide groups is 2. The summed E-state index contributed by atoms with van der Waals surface area (Å²) in [6, 6.07) is 7.93. The normalized spacial score (nSPS) is 15.3. The van der Waals surface area contributed by atoms with Crippen LogP contribution in [0.1, 0.15) is 18.1 Å². The van der Waals surface area contributed by atoms with Crippen LogP contribution < -0.4 is 15.0 Å². The zero-order valence-electron chi connectivity index (χ0n) is 16.0. The molecule has 3 rings (SSSR count). The number of urea groups is 1. The van der Waals surface area contributed by atoms with E-state index < -0.39 is 39.8 Å². The van der Waals surface area contributed by atoms with E-state index in [0.717, 1.165) is 22.6 Å². The zero-order chi connectivity index (χ0) is 22.0. The minimum Gasteiger partial charge on any atom is -0.500 e. The number of hydrogen-bond acceptors (Lipinski definition) is 7. The van der Waals surface area contributed by atoms with Gasteiger partial charge in [0.15, 0.2) is 5.75 Å². The maximum Gasteiger partial charge on any atom is 0.335 e. The molecule has 10 heteroatoms. The number of phenols is 1. The number of phenolic OH excluding ortho intramolecular Hbond substituents is 1. The summed E-state index contributed by atoms with van der Waals surface area (Å²) in [6.45, 7) is 3.53. The molecule has 0 bridgehead atoms. The number of aryl methyl sites for hydroxylation is 1. The molecule has 0 aromatic heterocycles. The smallest absolute Gasteiger partial charge is 0.335 e. The molecule has 154 valence electrons. The van der Waals surface area contributed by atoms with Crippen LogP contribution in [0.4, 0.5) is 16.2 Å². The topological polar surface area (TPSA) is 139 Å². The van der Waals surface area contributed by atoms with Gasteiger partial charge in [0.1, 0.15) is 5.57 Å². The number of benzene rings is 2. The van der Waals surface area contributed by atoms with E-state index in [0.29, 0.717) is 0 Å². The molecule has 2 aromatic rings. The van der Waals surface area contributed by atoms with Gasteiger partial charge < -0.3 is 9.84 Å². The molecule has 30 heavy (non-hydrogen) atoms. The Hall–Kier alpha value is -4.21. The highest BCUT2D eigenvalue weighted by atomic mass is 16.6. The van der Waals surface area contributed by atoms with Gasteiger partial charge in [0.05, 0.1) is 17.2 Å². The lowest BCUT2D eigenvalue weighted by Crippen LogP contribution is -2.54. The fourth-order valence-electron chi connectivity index (χ4n) is 2.93. The summed E-state index contributed by atoms with van der Waals surface area (Å²) in [4.78, 5) is 48.7. The highest BCUT2D eigenvalue weighted by Crippen LogP contribution is 2.38. The number of carbonyl (C=O) groups excluding carboxylic acids is 3. The Bertz CT molecular complexity index is 1110. The van der Waals surface area contributed by atoms with Crippen molar-refractivity contribution in [2.24, 2.45) is 0 Å². The monoisotopic (exact) mass is 411 g/mol. The van der Waals surface area contributed by atoms with Gasteiger partial charge in [-0.3, -0.25) is 25.0 Å². The zero-order valence-corrected chi connectivity index (χ0v) is 16.0. The quantitative estimate of drug-likeness (QED) is 0.334. The van der Waals surface area contributed by atoms with Gasteiger partial charge in [0.2, 0.25) is 5.75 Å². The third-order valence-corrected chi connectivity index (χ3v) is 4.25. The van der Waals surface area contributed by atoms with E-state index >= 15 is 0 Å². The van der Waals surface area contributed by atoms with Gasteiger partial charge in [0, 0.05) is 6.07 Å². The summed E-state index contributed by atoms with van der Waals surface area (Å²) in [5.74, 6) is -2.67. The van der Waals surface area contributed by atoms with E-state index in [4.69, 9.17) is 4.74 Å². The number of anilines is 1. The number of hydrogen-bond donors (Lipinski definition) is 2. The molecule has 10 nitrogen and oxygen atoms in total.